The topological polar surface area (TPSA) is 21.3 Å². The van der Waals surface area contributed by atoms with E-state index in [0.29, 0.717) is 16.7 Å². The van der Waals surface area contributed by atoms with E-state index in [0.717, 1.165) is 12.1 Å². The van der Waals surface area contributed by atoms with E-state index in [1.807, 2.05) is 26.0 Å². The molecule has 1 atom stereocenters. The van der Waals surface area contributed by atoms with Crippen molar-refractivity contribution in [1.29, 1.82) is 0 Å². The molecule has 0 aromatic heterocycles. The first-order valence-corrected chi connectivity index (χ1v) is 7.58. The van der Waals surface area contributed by atoms with Crippen LogP contribution in [0.3, 0.4) is 0 Å². The lowest BCUT2D eigenvalue weighted by atomic mass is 9.94. The number of halogens is 2. The van der Waals surface area contributed by atoms with Crippen molar-refractivity contribution in [3.63, 3.8) is 0 Å². The number of alkyl halides is 2. The molecule has 2 nitrogen and oxygen atoms in total. The van der Waals surface area contributed by atoms with Crippen molar-refractivity contribution in [1.82, 2.24) is 0 Å². The van der Waals surface area contributed by atoms with Crippen LogP contribution < -0.4 is 5.32 Å². The first-order valence-electron chi connectivity index (χ1n) is 6.70. The lowest BCUT2D eigenvalue weighted by molar-refractivity contribution is -0.0662. The van der Waals surface area contributed by atoms with Crippen LogP contribution >= 0.6 is 11.8 Å². The number of hydrogen-bond acceptors (Lipinski definition) is 3. The second-order valence-electron chi connectivity index (χ2n) is 6.24. The van der Waals surface area contributed by atoms with E-state index >= 15 is 0 Å². The molecule has 1 N–H and O–H groups in total. The standard InChI is InChI=1S/C15H21F2NOS/c1-14(2)9-12(15(3,4)19-14)18-10-7-5-6-8-11(10)20-13(16)17/h5-8,12-13,18H,9H2,1-4H3. The molecule has 20 heavy (non-hydrogen) atoms. The lowest BCUT2D eigenvalue weighted by Crippen LogP contribution is -2.38. The maximum Gasteiger partial charge on any atom is 0.288 e. The molecule has 0 spiro atoms. The fourth-order valence-electron chi connectivity index (χ4n) is 2.76. The molecule has 0 aliphatic carbocycles. The van der Waals surface area contributed by atoms with Gasteiger partial charge in [-0.1, -0.05) is 23.9 Å². The average Bonchev–Trinajstić information content (AvgIpc) is 2.48. The van der Waals surface area contributed by atoms with Gasteiger partial charge in [-0.2, -0.15) is 8.78 Å². The van der Waals surface area contributed by atoms with E-state index in [-0.39, 0.29) is 17.2 Å². The van der Waals surface area contributed by atoms with Gasteiger partial charge in [0.15, 0.2) is 0 Å². The Balaban J connectivity index is 2.18. The van der Waals surface area contributed by atoms with Crippen LogP contribution in [0.1, 0.15) is 34.1 Å². The Bertz CT molecular complexity index is 477. The molecule has 1 heterocycles. The number of para-hydroxylation sites is 1. The highest BCUT2D eigenvalue weighted by molar-refractivity contribution is 7.99. The van der Waals surface area contributed by atoms with E-state index in [1.165, 1.54) is 0 Å². The van der Waals surface area contributed by atoms with E-state index < -0.39 is 5.76 Å². The molecular formula is C15H21F2NOS. The number of benzene rings is 1. The Labute approximate surface area is 123 Å². The van der Waals surface area contributed by atoms with Crippen molar-refractivity contribution in [3.05, 3.63) is 24.3 Å². The molecule has 1 unspecified atom stereocenters. The molecule has 5 heteroatoms. The molecule has 1 aliphatic heterocycles. The highest BCUT2D eigenvalue weighted by Crippen LogP contribution is 2.40. The zero-order chi connectivity index (χ0) is 15.0. The summed E-state index contributed by atoms with van der Waals surface area (Å²) in [6.07, 6.45) is 0.841. The molecule has 1 aromatic carbocycles. The summed E-state index contributed by atoms with van der Waals surface area (Å²) in [4.78, 5) is 0.572. The predicted molar refractivity (Wildman–Crippen MR) is 79.6 cm³/mol. The summed E-state index contributed by atoms with van der Waals surface area (Å²) in [5.41, 5.74) is 0.218. The third-order valence-corrected chi connectivity index (χ3v) is 4.30. The van der Waals surface area contributed by atoms with Gasteiger partial charge in [-0.3, -0.25) is 0 Å². The third-order valence-electron chi connectivity index (χ3n) is 3.51. The zero-order valence-corrected chi connectivity index (χ0v) is 13.1. The van der Waals surface area contributed by atoms with Gasteiger partial charge >= 0.3 is 0 Å². The molecule has 1 aliphatic rings. The van der Waals surface area contributed by atoms with Crippen LogP contribution in [0, 0.1) is 0 Å². The number of hydrogen-bond donors (Lipinski definition) is 1. The van der Waals surface area contributed by atoms with Gasteiger partial charge in [0.2, 0.25) is 0 Å². The molecule has 1 aromatic rings. The van der Waals surface area contributed by atoms with Crippen molar-refractivity contribution >= 4 is 17.4 Å². The number of thioether (sulfide) groups is 1. The first-order chi connectivity index (χ1) is 9.20. The second-order valence-corrected chi connectivity index (χ2v) is 7.27. The lowest BCUT2D eigenvalue weighted by Gasteiger charge is -2.29. The summed E-state index contributed by atoms with van der Waals surface area (Å²) in [5, 5.41) is 3.38. The van der Waals surface area contributed by atoms with Gasteiger partial charge in [0.25, 0.3) is 5.76 Å². The van der Waals surface area contributed by atoms with Crippen LogP contribution in [0.4, 0.5) is 14.5 Å². The van der Waals surface area contributed by atoms with E-state index in [1.54, 1.807) is 12.1 Å². The quantitative estimate of drug-likeness (QED) is 0.810. The van der Waals surface area contributed by atoms with Crippen molar-refractivity contribution in [3.8, 4) is 0 Å². The first kappa shape index (κ1) is 15.6. The molecule has 0 radical (unpaired) electrons. The predicted octanol–water partition coefficient (Wildman–Crippen LogP) is 4.76. The van der Waals surface area contributed by atoms with E-state index in [4.69, 9.17) is 4.74 Å². The molecule has 112 valence electrons. The number of ether oxygens (including phenoxy) is 1. The van der Waals surface area contributed by atoms with Gasteiger partial charge in [-0.15, -0.1) is 0 Å². The number of rotatable bonds is 4. The molecule has 1 fully saturated rings. The summed E-state index contributed by atoms with van der Waals surface area (Å²) in [6, 6.07) is 7.28. The smallest absolute Gasteiger partial charge is 0.288 e. The Kier molecular flexibility index (Phi) is 4.30. The summed E-state index contributed by atoms with van der Waals surface area (Å²) >= 11 is 0.572. The van der Waals surface area contributed by atoms with Crippen LogP contribution in [0.15, 0.2) is 29.2 Å². The average molecular weight is 301 g/mol. The largest absolute Gasteiger partial charge is 0.378 e. The summed E-state index contributed by atoms with van der Waals surface area (Å²) in [5.74, 6) is -2.41. The zero-order valence-electron chi connectivity index (χ0n) is 12.2. The Morgan fingerprint density at radius 3 is 2.45 bits per heavy atom. The van der Waals surface area contributed by atoms with Gasteiger partial charge in [0, 0.05) is 10.6 Å². The summed E-state index contributed by atoms with van der Waals surface area (Å²) < 4.78 is 31.2. The second kappa shape index (κ2) is 5.53. The minimum Gasteiger partial charge on any atom is -0.378 e. The van der Waals surface area contributed by atoms with Gasteiger partial charge in [0.05, 0.1) is 17.2 Å². The van der Waals surface area contributed by atoms with Crippen molar-refractivity contribution in [2.24, 2.45) is 0 Å². The molecule has 2 rings (SSSR count). The van der Waals surface area contributed by atoms with Crippen LogP contribution in [-0.4, -0.2) is 23.0 Å². The maximum atomic E-state index is 12.6. The van der Waals surface area contributed by atoms with Crippen LogP contribution in [0.5, 0.6) is 0 Å². The molecular weight excluding hydrogens is 280 g/mol. The normalized spacial score (nSPS) is 24.1. The third kappa shape index (κ3) is 3.64. The van der Waals surface area contributed by atoms with Crippen molar-refractivity contribution in [2.45, 2.75) is 62.0 Å². The fraction of sp³-hybridized carbons (Fsp3) is 0.600. The highest BCUT2D eigenvalue weighted by Gasteiger charge is 2.45. The Hall–Kier alpha value is -0.810. The van der Waals surface area contributed by atoms with Gasteiger partial charge in [0.1, 0.15) is 0 Å². The number of anilines is 1. The molecule has 0 bridgehead atoms. The Morgan fingerprint density at radius 1 is 1.25 bits per heavy atom. The van der Waals surface area contributed by atoms with E-state index in [9.17, 15) is 8.78 Å². The summed E-state index contributed by atoms with van der Waals surface area (Å²) in [6.45, 7) is 8.16. The van der Waals surface area contributed by atoms with Crippen LogP contribution in [-0.2, 0) is 4.74 Å². The van der Waals surface area contributed by atoms with Gasteiger partial charge in [-0.05, 0) is 46.2 Å². The summed E-state index contributed by atoms with van der Waals surface area (Å²) in [7, 11) is 0. The maximum absolute atomic E-state index is 12.6. The van der Waals surface area contributed by atoms with Crippen molar-refractivity contribution in [2.75, 3.05) is 5.32 Å². The van der Waals surface area contributed by atoms with E-state index in [2.05, 4.69) is 19.2 Å². The number of nitrogens with one attached hydrogen (secondary N) is 1. The van der Waals surface area contributed by atoms with Crippen molar-refractivity contribution < 1.29 is 13.5 Å². The molecule has 1 saturated heterocycles. The monoisotopic (exact) mass is 301 g/mol. The fourth-order valence-corrected chi connectivity index (χ4v) is 3.36. The van der Waals surface area contributed by atoms with Gasteiger partial charge < -0.3 is 10.1 Å². The molecule has 0 amide bonds. The minimum absolute atomic E-state index is 0.0944. The van der Waals surface area contributed by atoms with Crippen LogP contribution in [0.25, 0.3) is 0 Å². The molecule has 0 saturated carbocycles. The minimum atomic E-state index is -2.41. The van der Waals surface area contributed by atoms with Gasteiger partial charge in [-0.25, -0.2) is 0 Å². The highest BCUT2D eigenvalue weighted by atomic mass is 32.2. The SMILES string of the molecule is CC1(C)CC(Nc2ccccc2SC(F)F)C(C)(C)O1. The Morgan fingerprint density at radius 2 is 1.90 bits per heavy atom. The van der Waals surface area contributed by atoms with Crippen LogP contribution in [0.2, 0.25) is 0 Å².